The molecule has 5 unspecified atom stereocenters. The second kappa shape index (κ2) is 14.3. The molecule has 268 valence electrons. The molecule has 0 aliphatic carbocycles. The Bertz CT molecular complexity index is 1860. The van der Waals surface area contributed by atoms with Crippen LogP contribution in [0.5, 0.6) is 0 Å². The van der Waals surface area contributed by atoms with Gasteiger partial charge in [0.05, 0.1) is 49.9 Å². The van der Waals surface area contributed by atoms with Crippen LogP contribution in [0.2, 0.25) is 0 Å². The fraction of sp³-hybridized carbons (Fsp3) is 0.621. The highest BCUT2D eigenvalue weighted by atomic mass is 31.2. The predicted octanol–water partition coefficient (Wildman–Crippen LogP) is 3.87. The highest BCUT2D eigenvalue weighted by Gasteiger charge is 2.46. The minimum atomic E-state index is -4.28. The number of pyridine rings is 1. The predicted molar refractivity (Wildman–Crippen MR) is 181 cm³/mol. The van der Waals surface area contributed by atoms with E-state index in [0.717, 1.165) is 0 Å². The van der Waals surface area contributed by atoms with E-state index in [0.29, 0.717) is 34.4 Å². The first-order valence-electron chi connectivity index (χ1n) is 16.0. The third-order valence-corrected chi connectivity index (χ3v) is 11.9. The molecule has 20 heteroatoms. The largest absolute Gasteiger partial charge is 0.411 e. The van der Waals surface area contributed by atoms with Gasteiger partial charge in [0.2, 0.25) is 0 Å². The molecule has 0 bridgehead atoms. The zero-order valence-corrected chi connectivity index (χ0v) is 30.1. The molecule has 2 fully saturated rings. The lowest BCUT2D eigenvalue weighted by molar-refractivity contribution is -0.0786. The normalized spacial score (nSPS) is 26.0. The van der Waals surface area contributed by atoms with E-state index in [-0.39, 0.29) is 37.7 Å². The van der Waals surface area contributed by atoms with E-state index in [1.54, 1.807) is 34.1 Å². The summed E-state index contributed by atoms with van der Waals surface area (Å²) in [7, 11) is -7.44. The minimum Gasteiger partial charge on any atom is -0.397 e. The van der Waals surface area contributed by atoms with Crippen LogP contribution in [0, 0.1) is 0 Å². The number of hydrogen-bond acceptors (Lipinski definition) is 15. The van der Waals surface area contributed by atoms with Crippen molar-refractivity contribution in [3.8, 4) is 0 Å². The van der Waals surface area contributed by atoms with E-state index >= 15 is 0 Å². The number of ether oxygens (including phenoxy) is 4. The Morgan fingerprint density at radius 1 is 0.878 bits per heavy atom. The van der Waals surface area contributed by atoms with Crippen molar-refractivity contribution >= 4 is 48.9 Å². The lowest BCUT2D eigenvalue weighted by Gasteiger charge is -2.28. The zero-order chi connectivity index (χ0) is 35.1. The molecule has 2 aliphatic rings. The van der Waals surface area contributed by atoms with Gasteiger partial charge in [-0.2, -0.15) is 4.86 Å². The topological polar surface area (TPSA) is 228 Å². The quantitative estimate of drug-likeness (QED) is 0.157. The average molecular weight is 723 g/mol. The van der Waals surface area contributed by atoms with Gasteiger partial charge in [-0.3, -0.25) is 18.2 Å². The van der Waals surface area contributed by atoms with Crippen LogP contribution in [-0.4, -0.2) is 97.2 Å². The second-order valence-corrected chi connectivity index (χ2v) is 18.0. The van der Waals surface area contributed by atoms with Crippen molar-refractivity contribution in [3.63, 3.8) is 0 Å². The summed E-state index contributed by atoms with van der Waals surface area (Å²) in [5.41, 5.74) is 14.6. The third kappa shape index (κ3) is 8.14. The Labute approximate surface area is 283 Å². The van der Waals surface area contributed by atoms with Crippen molar-refractivity contribution in [2.75, 3.05) is 38.0 Å². The molecule has 0 amide bonds. The van der Waals surface area contributed by atoms with Gasteiger partial charge >= 0.3 is 7.75 Å². The molecule has 6 heterocycles. The number of rotatable bonds is 14. The lowest BCUT2D eigenvalue weighted by atomic mass is 10.2. The van der Waals surface area contributed by atoms with Gasteiger partial charge in [-0.25, -0.2) is 29.5 Å². The summed E-state index contributed by atoms with van der Waals surface area (Å²) in [5.74, 6) is 0.232. The van der Waals surface area contributed by atoms with Crippen LogP contribution in [0.4, 0.5) is 11.5 Å². The maximum absolute atomic E-state index is 14.5. The van der Waals surface area contributed by atoms with Gasteiger partial charge < -0.3 is 35.0 Å². The highest BCUT2D eigenvalue weighted by Crippen LogP contribution is 2.56. The highest BCUT2D eigenvalue weighted by molar-refractivity contribution is 7.72. The molecular weight excluding hydrogens is 678 g/mol. The maximum atomic E-state index is 14.5. The second-order valence-electron chi connectivity index (χ2n) is 13.0. The smallest absolute Gasteiger partial charge is 0.397 e. The van der Waals surface area contributed by atoms with Gasteiger partial charge in [0, 0.05) is 32.4 Å². The number of imidazole rings is 2. The average Bonchev–Trinajstić information content (AvgIpc) is 3.79. The summed E-state index contributed by atoms with van der Waals surface area (Å²) in [4.78, 5) is 24.2. The van der Waals surface area contributed by atoms with Crippen LogP contribution in [-0.2, 0) is 37.1 Å². The Morgan fingerprint density at radius 2 is 1.51 bits per heavy atom. The molecule has 0 radical (unpaired) electrons. The van der Waals surface area contributed by atoms with Gasteiger partial charge in [-0.05, 0) is 33.8 Å². The number of nitrogens with zero attached hydrogens (tertiary/aromatic N) is 7. The summed E-state index contributed by atoms with van der Waals surface area (Å²) >= 11 is 0. The van der Waals surface area contributed by atoms with E-state index in [9.17, 15) is 9.13 Å². The number of nitrogen functional groups attached to an aromatic ring is 2. The number of hydrogen-bond donors (Lipinski definition) is 3. The maximum Gasteiger partial charge on any atom is 0.411 e. The molecule has 49 heavy (non-hydrogen) atoms. The molecule has 18 nitrogen and oxygen atoms in total. The van der Waals surface area contributed by atoms with Crippen LogP contribution in [0.25, 0.3) is 22.3 Å². The van der Waals surface area contributed by atoms with E-state index in [4.69, 9.17) is 39.5 Å². The molecule has 0 saturated carbocycles. The van der Waals surface area contributed by atoms with E-state index in [1.807, 2.05) is 27.7 Å². The molecular formula is C29H44N10O8P2. The first kappa shape index (κ1) is 35.8. The van der Waals surface area contributed by atoms with Gasteiger partial charge in [-0.1, -0.05) is 0 Å². The third-order valence-electron chi connectivity index (χ3n) is 7.95. The van der Waals surface area contributed by atoms with Gasteiger partial charge in [0.25, 0.3) is 0 Å². The lowest BCUT2D eigenvalue weighted by Crippen LogP contribution is -2.33. The first-order chi connectivity index (χ1) is 23.2. The zero-order valence-electron chi connectivity index (χ0n) is 28.3. The van der Waals surface area contributed by atoms with Gasteiger partial charge in [0.15, 0.2) is 24.4 Å². The van der Waals surface area contributed by atoms with E-state index in [2.05, 4.69) is 29.8 Å². The number of nitrogens with two attached hydrogens (primary N) is 2. The number of fused-ring (bicyclic) bond motifs is 2. The molecule has 2 saturated heterocycles. The van der Waals surface area contributed by atoms with E-state index < -0.39 is 51.9 Å². The SMILES string of the molecule is CC(C)OCC1OC(n2cnc3c(N)ncnc32)C[C@H]1OP(=O)(NP(C)(C)=O)OCC1OC(n2cnc3c(N)ccnc32)C[C@H]1OC(C)C. The van der Waals surface area contributed by atoms with E-state index in [1.165, 1.54) is 19.7 Å². The Balaban J connectivity index is 1.23. The fourth-order valence-corrected chi connectivity index (χ4v) is 9.67. The number of aromatic nitrogens is 7. The summed E-state index contributed by atoms with van der Waals surface area (Å²) in [6.07, 6.45) is 2.81. The minimum absolute atomic E-state index is 0.109. The monoisotopic (exact) mass is 722 g/mol. The summed E-state index contributed by atoms with van der Waals surface area (Å²) < 4.78 is 68.2. The Kier molecular flexibility index (Phi) is 10.4. The van der Waals surface area contributed by atoms with Crippen molar-refractivity contribution in [1.82, 2.24) is 38.9 Å². The molecule has 0 aromatic carbocycles. The van der Waals surface area contributed by atoms with Crippen LogP contribution >= 0.6 is 15.0 Å². The number of nitrogens with one attached hydrogen (secondary N) is 1. The summed E-state index contributed by atoms with van der Waals surface area (Å²) in [6.45, 7) is 10.4. The molecule has 6 rings (SSSR count). The molecule has 0 spiro atoms. The van der Waals surface area contributed by atoms with Gasteiger partial charge in [0.1, 0.15) is 48.1 Å². The summed E-state index contributed by atoms with van der Waals surface area (Å²) in [5, 5.41) is 0. The van der Waals surface area contributed by atoms with Crippen molar-refractivity contribution in [2.24, 2.45) is 0 Å². The number of anilines is 2. The fourth-order valence-electron chi connectivity index (χ4n) is 5.91. The van der Waals surface area contributed by atoms with Crippen molar-refractivity contribution in [2.45, 2.75) is 89.6 Å². The first-order valence-corrected chi connectivity index (χ1v) is 20.2. The molecule has 7 atom stereocenters. The molecule has 5 N–H and O–H groups in total. The van der Waals surface area contributed by atoms with Gasteiger partial charge in [-0.15, -0.1) is 0 Å². The molecule has 4 aromatic rings. The summed E-state index contributed by atoms with van der Waals surface area (Å²) in [6, 6.07) is 1.68. The van der Waals surface area contributed by atoms with Crippen LogP contribution in [0.3, 0.4) is 0 Å². The Morgan fingerprint density at radius 3 is 2.16 bits per heavy atom. The van der Waals surface area contributed by atoms with Crippen LogP contribution < -0.4 is 16.3 Å². The van der Waals surface area contributed by atoms with Crippen molar-refractivity contribution in [1.29, 1.82) is 0 Å². The standard InChI is InChI=1S/C29H44N10O8P2/c1-16(2)42-11-21-20(10-24(45-21)39-15-36-26-27(31)33-13-34-29(26)39)47-49(41,37-48(5,6)40)43-12-22-19(44-17(3)4)9-23(46-22)38-14-35-25-18(30)7-8-32-28(25)38/h7-8,13-17,19-24H,9-12H2,1-6H3,(H2,30,32)(H2,31,33,34)(H,37,40,41)/t19-,20-,21?,22?,23?,24?,49?/m1/s1. The molecule has 4 aromatic heterocycles. The van der Waals surface area contributed by atoms with Crippen LogP contribution in [0.15, 0.2) is 31.2 Å². The van der Waals surface area contributed by atoms with Crippen molar-refractivity contribution < 1.29 is 37.1 Å². The molecule has 2 aliphatic heterocycles. The Hall–Kier alpha value is -3.05. The van der Waals surface area contributed by atoms with Crippen molar-refractivity contribution in [3.05, 3.63) is 31.2 Å². The van der Waals surface area contributed by atoms with Crippen LogP contribution in [0.1, 0.15) is 53.0 Å².